The Balaban J connectivity index is 1.41. The summed E-state index contributed by atoms with van der Waals surface area (Å²) >= 11 is 0. The van der Waals surface area contributed by atoms with Gasteiger partial charge < -0.3 is 15.0 Å². The Hall–Kier alpha value is -7.35. The van der Waals surface area contributed by atoms with Gasteiger partial charge in [0, 0.05) is 38.8 Å². The minimum Gasteiger partial charge on any atom is -0.354 e. The number of halogens is 10. The molecule has 3 N–H and O–H groups in total. The number of aromatic amines is 3. The van der Waals surface area contributed by atoms with E-state index in [0.717, 1.165) is 11.1 Å². The highest BCUT2D eigenvalue weighted by atomic mass is 19.2. The molecule has 8 bridgehead atoms. The number of fused-ring (bicyclic) bond motifs is 9. The van der Waals surface area contributed by atoms with Crippen molar-refractivity contribution in [3.05, 3.63) is 172 Å². The molecule has 14 heteroatoms. The normalized spacial score (nSPS) is 12.1. The van der Waals surface area contributed by atoms with Gasteiger partial charge in [0.05, 0.1) is 33.5 Å². The molecule has 0 saturated carbocycles. The predicted octanol–water partition coefficient (Wildman–Crippen LogP) is 13.3. The maximum Gasteiger partial charge on any atom is 0.200 e. The summed E-state index contributed by atoms with van der Waals surface area (Å²) in [5, 5.41) is 0. The summed E-state index contributed by atoms with van der Waals surface area (Å²) in [6.07, 6.45) is 6.49. The van der Waals surface area contributed by atoms with E-state index in [-0.39, 0.29) is 50.1 Å². The zero-order valence-electron chi connectivity index (χ0n) is 29.7. The molecule has 9 rings (SSSR count). The maximum atomic E-state index is 15.6. The van der Waals surface area contributed by atoms with Crippen LogP contribution < -0.4 is 0 Å². The number of hydrogen-bond acceptors (Lipinski definition) is 1. The molecule has 1 aliphatic rings. The monoisotopic (exact) mass is 808 g/mol. The summed E-state index contributed by atoms with van der Waals surface area (Å²) in [7, 11) is 0. The van der Waals surface area contributed by atoms with Crippen LogP contribution in [0.4, 0.5) is 43.9 Å². The molecule has 0 fully saturated rings. The van der Waals surface area contributed by atoms with Gasteiger partial charge in [-0.3, -0.25) is 0 Å². The van der Waals surface area contributed by atoms with Crippen LogP contribution in [0.1, 0.15) is 22.5 Å². The Morgan fingerprint density at radius 2 is 0.678 bits per heavy atom. The van der Waals surface area contributed by atoms with Crippen molar-refractivity contribution in [2.45, 2.75) is 0 Å². The summed E-state index contributed by atoms with van der Waals surface area (Å²) in [6.45, 7) is 0. The van der Waals surface area contributed by atoms with E-state index in [1.54, 1.807) is 24.3 Å². The van der Waals surface area contributed by atoms with Crippen LogP contribution in [0.15, 0.2) is 91.0 Å². The summed E-state index contributed by atoms with van der Waals surface area (Å²) < 4.78 is 150. The molecule has 292 valence electrons. The Labute approximate surface area is 325 Å². The molecule has 0 radical (unpaired) electrons. The molecule has 4 nitrogen and oxygen atoms in total. The summed E-state index contributed by atoms with van der Waals surface area (Å²) in [6, 6.07) is 24.6. The number of H-pyrrole nitrogens is 3. The number of rotatable bonds is 5. The summed E-state index contributed by atoms with van der Waals surface area (Å²) in [5.41, 5.74) is -1.06. The fourth-order valence-corrected chi connectivity index (χ4v) is 7.15. The predicted molar refractivity (Wildman–Crippen MR) is 206 cm³/mol. The largest absolute Gasteiger partial charge is 0.354 e. The van der Waals surface area contributed by atoms with Gasteiger partial charge in [0.15, 0.2) is 46.5 Å². The molecule has 4 aromatic carbocycles. The van der Waals surface area contributed by atoms with Crippen molar-refractivity contribution in [2.24, 2.45) is 0 Å². The minimum absolute atomic E-state index is 0.0981. The van der Waals surface area contributed by atoms with Crippen LogP contribution in [0.25, 0.3) is 90.8 Å². The van der Waals surface area contributed by atoms with Crippen molar-refractivity contribution in [1.82, 2.24) is 19.9 Å². The molecule has 59 heavy (non-hydrogen) atoms. The van der Waals surface area contributed by atoms with Crippen LogP contribution in [0.2, 0.25) is 0 Å². The second-order valence-corrected chi connectivity index (χ2v) is 13.5. The quantitative estimate of drug-likeness (QED) is 0.0690. The van der Waals surface area contributed by atoms with Crippen LogP contribution in [0, 0.1) is 58.2 Å². The lowest BCUT2D eigenvalue weighted by Crippen LogP contribution is -2.05. The van der Waals surface area contributed by atoms with Gasteiger partial charge in [0.1, 0.15) is 0 Å². The molecule has 4 aromatic heterocycles. The Morgan fingerprint density at radius 1 is 0.322 bits per heavy atom. The lowest BCUT2D eigenvalue weighted by atomic mass is 10.0. The van der Waals surface area contributed by atoms with E-state index in [2.05, 4.69) is 19.9 Å². The van der Waals surface area contributed by atoms with Crippen molar-refractivity contribution in [2.75, 3.05) is 0 Å². The highest BCUT2D eigenvalue weighted by Gasteiger charge is 2.31. The highest BCUT2D eigenvalue weighted by molar-refractivity contribution is 6.00. The van der Waals surface area contributed by atoms with E-state index in [1.807, 2.05) is 42.5 Å². The van der Waals surface area contributed by atoms with Crippen LogP contribution in [-0.4, -0.2) is 19.9 Å². The third-order valence-corrected chi connectivity index (χ3v) is 9.96. The highest BCUT2D eigenvalue weighted by Crippen LogP contribution is 2.41. The molecule has 0 spiro atoms. The smallest absolute Gasteiger partial charge is 0.200 e. The zero-order valence-corrected chi connectivity index (χ0v) is 29.7. The van der Waals surface area contributed by atoms with Crippen LogP contribution in [-0.2, 0) is 0 Å². The first-order valence-corrected chi connectivity index (χ1v) is 17.6. The van der Waals surface area contributed by atoms with E-state index in [0.29, 0.717) is 5.56 Å². The number of nitrogens with one attached hydrogen (secondary N) is 3. The van der Waals surface area contributed by atoms with E-state index in [9.17, 15) is 26.3 Å². The molecule has 0 amide bonds. The molecule has 0 aliphatic carbocycles. The van der Waals surface area contributed by atoms with Crippen molar-refractivity contribution in [3.63, 3.8) is 0 Å². The first kappa shape index (κ1) is 37.2. The standard InChI is InChI=1S/C45H22F10N4/c46-36-34(37(47)41(51)44(54)40(36)50)32-27-14-12-23(56-27)24-13-15-28(57-24)33(35-38(48)42(52)45(55)43(53)39(35)49)30-19-17-26(59-30)31(25-16-18-29(32)58-25)22-10-8-21(9-11-22)7-6-20-4-2-1-3-5-20/h1-19,56-58H/b7-6+,24-23?,31-25?,31-26?,32-27?,32-29?,33-28?,33-30?. The zero-order chi connectivity index (χ0) is 41.3. The van der Waals surface area contributed by atoms with Gasteiger partial charge >= 0.3 is 0 Å². The molecule has 0 unspecified atom stereocenters. The van der Waals surface area contributed by atoms with Crippen molar-refractivity contribution >= 4 is 57.4 Å². The number of hydrogen-bond donors (Lipinski definition) is 3. The van der Waals surface area contributed by atoms with E-state index in [4.69, 9.17) is 0 Å². The molecule has 8 aromatic rings. The van der Waals surface area contributed by atoms with Gasteiger partial charge in [-0.15, -0.1) is 0 Å². The van der Waals surface area contributed by atoms with Crippen LogP contribution >= 0.6 is 0 Å². The van der Waals surface area contributed by atoms with E-state index in [1.165, 1.54) is 48.6 Å². The van der Waals surface area contributed by atoms with Crippen LogP contribution in [0.3, 0.4) is 0 Å². The molecular weight excluding hydrogens is 787 g/mol. The maximum absolute atomic E-state index is 15.6. The molecule has 0 saturated heterocycles. The topological polar surface area (TPSA) is 60.3 Å². The molecule has 1 aliphatic heterocycles. The lowest BCUT2D eigenvalue weighted by molar-refractivity contribution is 0.381. The van der Waals surface area contributed by atoms with Crippen molar-refractivity contribution < 1.29 is 43.9 Å². The van der Waals surface area contributed by atoms with Gasteiger partial charge in [0.2, 0.25) is 11.6 Å². The van der Waals surface area contributed by atoms with Gasteiger partial charge in [-0.25, -0.2) is 48.9 Å². The number of nitrogens with zero attached hydrogens (tertiary/aromatic N) is 1. The summed E-state index contributed by atoms with van der Waals surface area (Å²) in [5.74, 6) is -21.8. The third kappa shape index (κ3) is 6.15. The fraction of sp³-hybridized carbons (Fsp3) is 0. The van der Waals surface area contributed by atoms with E-state index < -0.39 is 80.4 Å². The average molecular weight is 809 g/mol. The second-order valence-electron chi connectivity index (χ2n) is 13.5. The van der Waals surface area contributed by atoms with Crippen molar-refractivity contribution in [1.29, 1.82) is 0 Å². The number of benzene rings is 4. The number of aromatic nitrogens is 4. The molecular formula is C45H22F10N4. The second kappa shape index (κ2) is 14.2. The van der Waals surface area contributed by atoms with Gasteiger partial charge in [0.25, 0.3) is 0 Å². The molecule has 5 heterocycles. The SMILES string of the molecule is Fc1c(F)c(F)c(-c2c3nc(c(-c4ccc(/C=C/c5ccccc5)cc4)c4ccc([nH]4)c(-c4c(F)c(F)c(F)c(F)c4F)c4ccc([nH]4)c4ccc2[nH]4)C=C3)c(F)c1F. The first-order valence-electron chi connectivity index (χ1n) is 17.6. The van der Waals surface area contributed by atoms with Gasteiger partial charge in [-0.05, 0) is 65.2 Å². The first-order chi connectivity index (χ1) is 28.4. The summed E-state index contributed by atoms with van der Waals surface area (Å²) in [4.78, 5) is 13.4. The lowest BCUT2D eigenvalue weighted by Gasteiger charge is -2.10. The Kier molecular flexibility index (Phi) is 8.99. The van der Waals surface area contributed by atoms with Gasteiger partial charge in [-0.1, -0.05) is 66.7 Å². The fourth-order valence-electron chi connectivity index (χ4n) is 7.15. The average Bonchev–Trinajstić information content (AvgIpc) is 4.10. The molecule has 0 atom stereocenters. The minimum atomic E-state index is -2.36. The van der Waals surface area contributed by atoms with E-state index >= 15 is 17.6 Å². The third-order valence-electron chi connectivity index (χ3n) is 9.96. The van der Waals surface area contributed by atoms with Crippen molar-refractivity contribution in [3.8, 4) is 33.4 Å². The van der Waals surface area contributed by atoms with Gasteiger partial charge in [-0.2, -0.15) is 0 Å². The van der Waals surface area contributed by atoms with Crippen LogP contribution in [0.5, 0.6) is 0 Å². The Bertz CT molecular complexity index is 3160. The Morgan fingerprint density at radius 3 is 1.17 bits per heavy atom.